The number of rotatable bonds is 10. The van der Waals surface area contributed by atoms with Crippen LogP contribution < -0.4 is 25.4 Å². The van der Waals surface area contributed by atoms with Gasteiger partial charge in [-0.15, -0.1) is 0 Å². The highest BCUT2D eigenvalue weighted by Gasteiger charge is 2.54. The number of anilines is 1. The quantitative estimate of drug-likeness (QED) is 0.283. The summed E-state index contributed by atoms with van der Waals surface area (Å²) in [6.45, 7) is 3.94. The minimum Gasteiger partial charge on any atom is -0.488 e. The number of hydrogen-bond acceptors (Lipinski definition) is 10. The molecular formula is C30H28FN7O5. The molecule has 6 rings (SSSR count). The molecule has 2 N–H and O–H groups in total. The third-order valence-corrected chi connectivity index (χ3v) is 7.62. The van der Waals surface area contributed by atoms with Gasteiger partial charge in [-0.2, -0.15) is 10.2 Å². The molecule has 1 aliphatic carbocycles. The van der Waals surface area contributed by atoms with Gasteiger partial charge in [-0.3, -0.25) is 4.79 Å². The first-order valence-electron chi connectivity index (χ1n) is 13.9. The van der Waals surface area contributed by atoms with Crippen LogP contribution in [-0.2, 0) is 6.42 Å². The average molecular weight is 586 g/mol. The van der Waals surface area contributed by atoms with E-state index in [1.54, 1.807) is 30.5 Å². The summed E-state index contributed by atoms with van der Waals surface area (Å²) in [5.41, 5.74) is 2.34. The van der Waals surface area contributed by atoms with Crippen LogP contribution in [0.1, 0.15) is 41.6 Å². The van der Waals surface area contributed by atoms with Crippen molar-refractivity contribution in [3.63, 3.8) is 0 Å². The van der Waals surface area contributed by atoms with Gasteiger partial charge in [0.05, 0.1) is 29.1 Å². The summed E-state index contributed by atoms with van der Waals surface area (Å²) in [5, 5.41) is 14.6. The first kappa shape index (κ1) is 27.9. The maximum Gasteiger partial charge on any atom is 0.459 e. The largest absolute Gasteiger partial charge is 0.488 e. The van der Waals surface area contributed by atoms with E-state index in [1.165, 1.54) is 12.1 Å². The Morgan fingerprint density at radius 3 is 2.84 bits per heavy atom. The van der Waals surface area contributed by atoms with Crippen molar-refractivity contribution in [1.82, 2.24) is 25.4 Å². The molecule has 0 unspecified atom stereocenters. The molecular weight excluding hydrogens is 557 g/mol. The lowest BCUT2D eigenvalue weighted by Gasteiger charge is -2.59. The molecule has 13 heteroatoms. The summed E-state index contributed by atoms with van der Waals surface area (Å²) in [4.78, 5) is 39.2. The van der Waals surface area contributed by atoms with Crippen LogP contribution in [0.5, 0.6) is 11.6 Å². The number of hydrogen-bond donors (Lipinski definition) is 2. The van der Waals surface area contributed by atoms with Crippen LogP contribution in [0.4, 0.5) is 10.1 Å². The smallest absolute Gasteiger partial charge is 0.459 e. The van der Waals surface area contributed by atoms with Gasteiger partial charge in [0.25, 0.3) is 5.91 Å². The fourth-order valence-electron chi connectivity index (χ4n) is 5.67. The molecule has 2 fully saturated rings. The molecule has 3 aromatic heterocycles. The Bertz CT molecular complexity index is 1750. The number of carbonyl (C=O) groups excluding carboxylic acids is 1. The van der Waals surface area contributed by atoms with Crippen molar-refractivity contribution >= 4 is 11.6 Å². The Morgan fingerprint density at radius 2 is 2.09 bits per heavy atom. The van der Waals surface area contributed by atoms with Gasteiger partial charge in [0.15, 0.2) is 11.4 Å². The Morgan fingerprint density at radius 1 is 1.26 bits per heavy atom. The lowest BCUT2D eigenvalue weighted by Crippen LogP contribution is -2.65. The predicted octanol–water partition coefficient (Wildman–Crippen LogP) is 3.25. The summed E-state index contributed by atoms with van der Waals surface area (Å²) in [7, 11) is 0. The molecule has 220 valence electrons. The van der Waals surface area contributed by atoms with Crippen LogP contribution in [0.2, 0.25) is 0 Å². The van der Waals surface area contributed by atoms with Crippen LogP contribution in [0, 0.1) is 22.6 Å². The predicted molar refractivity (Wildman–Crippen MR) is 151 cm³/mol. The molecule has 1 saturated heterocycles. The molecule has 0 radical (unpaired) electrons. The highest BCUT2D eigenvalue weighted by molar-refractivity contribution is 5.95. The molecule has 4 aromatic rings. The lowest BCUT2D eigenvalue weighted by molar-refractivity contribution is -0.0344. The summed E-state index contributed by atoms with van der Waals surface area (Å²) in [6.07, 6.45) is 3.30. The number of aromatic amines is 1. The number of aromatic nitrogens is 4. The molecule has 1 saturated carbocycles. The van der Waals surface area contributed by atoms with Crippen LogP contribution in [-0.4, -0.2) is 58.4 Å². The van der Waals surface area contributed by atoms with Gasteiger partial charge in [-0.25, -0.2) is 24.3 Å². The second kappa shape index (κ2) is 11.6. The van der Waals surface area contributed by atoms with Gasteiger partial charge in [0, 0.05) is 37.7 Å². The average Bonchev–Trinajstić information content (AvgIpc) is 3.39. The van der Waals surface area contributed by atoms with E-state index in [-0.39, 0.29) is 30.2 Å². The second-order valence-corrected chi connectivity index (χ2v) is 10.6. The molecule has 2 aliphatic rings. The zero-order valence-electron chi connectivity index (χ0n) is 23.3. The number of H-pyrrole nitrogens is 1. The van der Waals surface area contributed by atoms with Crippen LogP contribution >= 0.6 is 0 Å². The van der Waals surface area contributed by atoms with Crippen molar-refractivity contribution < 1.29 is 23.2 Å². The maximum absolute atomic E-state index is 13.6. The van der Waals surface area contributed by atoms with Crippen molar-refractivity contribution in [2.45, 2.75) is 32.3 Å². The summed E-state index contributed by atoms with van der Waals surface area (Å²) in [6, 6.07) is 13.4. The number of benzene rings is 1. The van der Waals surface area contributed by atoms with Gasteiger partial charge in [-0.05, 0) is 62.2 Å². The molecule has 0 bridgehead atoms. The Hall–Kier alpha value is -5.25. The first-order chi connectivity index (χ1) is 20.9. The van der Waals surface area contributed by atoms with Gasteiger partial charge >= 0.3 is 5.76 Å². The van der Waals surface area contributed by atoms with Gasteiger partial charge in [-0.1, -0.05) is 0 Å². The molecule has 4 heterocycles. The second-order valence-electron chi connectivity index (χ2n) is 10.6. The van der Waals surface area contributed by atoms with E-state index in [4.69, 9.17) is 9.47 Å². The number of halogens is 1. The minimum atomic E-state index is -0.732. The number of carbonyl (C=O) groups is 1. The highest BCUT2D eigenvalue weighted by atomic mass is 19.1. The zero-order valence-corrected chi connectivity index (χ0v) is 23.3. The van der Waals surface area contributed by atoms with Gasteiger partial charge in [0.2, 0.25) is 5.88 Å². The third-order valence-electron chi connectivity index (χ3n) is 7.62. The number of nitrogens with zero attached hydrogens (tertiary/aromatic N) is 5. The van der Waals surface area contributed by atoms with E-state index in [9.17, 15) is 19.2 Å². The highest BCUT2D eigenvalue weighted by Crippen LogP contribution is 2.51. The van der Waals surface area contributed by atoms with E-state index in [1.807, 2.05) is 13.0 Å². The van der Waals surface area contributed by atoms with E-state index in [2.05, 4.69) is 40.9 Å². The van der Waals surface area contributed by atoms with E-state index in [0.717, 1.165) is 31.6 Å². The zero-order chi connectivity index (χ0) is 30.0. The Kier molecular flexibility index (Phi) is 7.50. The molecule has 43 heavy (non-hydrogen) atoms. The van der Waals surface area contributed by atoms with Crippen molar-refractivity contribution in [2.75, 3.05) is 31.1 Å². The summed E-state index contributed by atoms with van der Waals surface area (Å²) in [5.74, 6) is -0.546. The fraction of sp³-hybridized carbons (Fsp3) is 0.333. The monoisotopic (exact) mass is 585 g/mol. The molecule has 1 aromatic carbocycles. The van der Waals surface area contributed by atoms with Crippen LogP contribution in [0.15, 0.2) is 58.0 Å². The molecule has 1 spiro atoms. The third kappa shape index (κ3) is 5.76. The van der Waals surface area contributed by atoms with Crippen molar-refractivity contribution in [3.8, 4) is 29.0 Å². The lowest BCUT2D eigenvalue weighted by atomic mass is 9.61. The Balaban J connectivity index is 1.16. The summed E-state index contributed by atoms with van der Waals surface area (Å²) < 4.78 is 30.1. The van der Waals surface area contributed by atoms with Crippen LogP contribution in [0.25, 0.3) is 11.3 Å². The van der Waals surface area contributed by atoms with E-state index < -0.39 is 17.5 Å². The summed E-state index contributed by atoms with van der Waals surface area (Å²) >= 11 is 0. The normalized spacial score (nSPS) is 15.3. The Labute approximate surface area is 245 Å². The van der Waals surface area contributed by atoms with E-state index in [0.29, 0.717) is 40.9 Å². The molecule has 1 aliphatic heterocycles. The van der Waals surface area contributed by atoms with Crippen molar-refractivity contribution in [3.05, 3.63) is 82.1 Å². The number of nitriles is 1. The number of ether oxygens (including phenoxy) is 2. The SMILES string of the molecule is CCOc1ncccc1-c1ccc(OC2CC3(C2)CN(c2ccc(F)cc2C#N)C3)c(C(=O)NCCc2nc(=O)o[nH]2)n1. The van der Waals surface area contributed by atoms with Crippen molar-refractivity contribution in [1.29, 1.82) is 5.26 Å². The number of amides is 1. The number of nitrogens with one attached hydrogen (secondary N) is 2. The maximum atomic E-state index is 13.6. The topological polar surface area (TPSA) is 159 Å². The molecule has 12 nitrogen and oxygen atoms in total. The first-order valence-corrected chi connectivity index (χ1v) is 13.9. The minimum absolute atomic E-state index is 0.0399. The molecule has 0 atom stereocenters. The van der Waals surface area contributed by atoms with Gasteiger partial charge in [0.1, 0.15) is 23.8 Å². The number of pyridine rings is 2. The fourth-order valence-corrected chi connectivity index (χ4v) is 5.67. The van der Waals surface area contributed by atoms with E-state index >= 15 is 0 Å². The van der Waals surface area contributed by atoms with Crippen molar-refractivity contribution in [2.24, 2.45) is 5.41 Å². The molecule has 1 amide bonds. The van der Waals surface area contributed by atoms with Gasteiger partial charge < -0.3 is 24.2 Å². The standard InChI is InChI=1S/C30H28FN7O5/c1-2-41-28-21(4-3-10-34-28)22-6-8-24(26(35-22)27(39)33-11-9-25-36-29(40)43-37-25)42-20-13-30(14-20)16-38(17-30)23-7-5-19(31)12-18(23)15-32/h3-8,10,12,20H,2,9,11,13-14,16-17H2,1H3,(H,33,39)(H,36,37,40). The van der Waals surface area contributed by atoms with Crippen LogP contribution in [0.3, 0.4) is 0 Å².